The zero-order valence-electron chi connectivity index (χ0n) is 10.3. The van der Waals surface area contributed by atoms with Crippen LogP contribution in [0.25, 0.3) is 10.9 Å². The molecule has 3 nitrogen and oxygen atoms in total. The van der Waals surface area contributed by atoms with Gasteiger partial charge < -0.3 is 0 Å². The molecule has 0 fully saturated rings. The van der Waals surface area contributed by atoms with Crippen molar-refractivity contribution in [3.05, 3.63) is 36.3 Å². The average molecular weight is 228 g/mol. The van der Waals surface area contributed by atoms with Crippen molar-refractivity contribution in [1.29, 1.82) is 0 Å². The fourth-order valence-corrected chi connectivity index (χ4v) is 2.25. The highest BCUT2D eigenvalue weighted by Gasteiger charge is 2.23. The molecular weight excluding hydrogens is 212 g/mol. The number of Topliss-reactive ketones (excluding diaryl/α,β-unsaturated/α-hetero) is 1. The first-order valence-corrected chi connectivity index (χ1v) is 5.81. The molecule has 0 amide bonds. The minimum Gasteiger partial charge on any atom is -0.299 e. The van der Waals surface area contributed by atoms with E-state index in [0.717, 1.165) is 16.6 Å². The second-order valence-corrected chi connectivity index (χ2v) is 4.61. The van der Waals surface area contributed by atoms with Crippen molar-refractivity contribution in [2.45, 2.75) is 26.7 Å². The van der Waals surface area contributed by atoms with Crippen LogP contribution in [0, 0.1) is 5.92 Å². The maximum absolute atomic E-state index is 11.8. The van der Waals surface area contributed by atoms with Crippen molar-refractivity contribution >= 4 is 16.7 Å². The van der Waals surface area contributed by atoms with Gasteiger partial charge in [0, 0.05) is 5.39 Å². The van der Waals surface area contributed by atoms with E-state index in [1.807, 2.05) is 38.1 Å². The summed E-state index contributed by atoms with van der Waals surface area (Å²) in [6.07, 6.45) is 1.54. The standard InChI is InChI=1S/C14H16N2O/c1-9(2)13(10(3)17)14-11-6-4-5-7-12(11)15-8-16-14/h4-9,13H,1-3H3. The van der Waals surface area contributed by atoms with Gasteiger partial charge in [-0.1, -0.05) is 32.0 Å². The van der Waals surface area contributed by atoms with Gasteiger partial charge in [-0.25, -0.2) is 9.97 Å². The Labute approximate surface area is 101 Å². The molecule has 0 radical (unpaired) electrons. The molecule has 17 heavy (non-hydrogen) atoms. The van der Waals surface area contributed by atoms with Gasteiger partial charge in [0.15, 0.2) is 0 Å². The third kappa shape index (κ3) is 2.18. The second-order valence-electron chi connectivity index (χ2n) is 4.61. The summed E-state index contributed by atoms with van der Waals surface area (Å²) in [5.41, 5.74) is 1.74. The Bertz CT molecular complexity index is 543. The van der Waals surface area contributed by atoms with Crippen LogP contribution in [0.4, 0.5) is 0 Å². The summed E-state index contributed by atoms with van der Waals surface area (Å²) >= 11 is 0. The van der Waals surface area contributed by atoms with Crippen molar-refractivity contribution < 1.29 is 4.79 Å². The van der Waals surface area contributed by atoms with Crippen LogP contribution < -0.4 is 0 Å². The predicted octanol–water partition coefficient (Wildman–Crippen LogP) is 2.96. The van der Waals surface area contributed by atoms with Gasteiger partial charge in [-0.3, -0.25) is 4.79 Å². The van der Waals surface area contributed by atoms with Crippen LogP contribution in [0.15, 0.2) is 30.6 Å². The molecule has 0 spiro atoms. The lowest BCUT2D eigenvalue weighted by molar-refractivity contribution is -0.119. The Morgan fingerprint density at radius 3 is 2.53 bits per heavy atom. The number of rotatable bonds is 3. The van der Waals surface area contributed by atoms with E-state index in [0.29, 0.717) is 0 Å². The number of carbonyl (C=O) groups is 1. The first-order chi connectivity index (χ1) is 8.11. The van der Waals surface area contributed by atoms with Crippen molar-refractivity contribution in [1.82, 2.24) is 9.97 Å². The molecule has 0 aliphatic carbocycles. The Morgan fingerprint density at radius 1 is 1.18 bits per heavy atom. The lowest BCUT2D eigenvalue weighted by atomic mass is 9.87. The number of hydrogen-bond acceptors (Lipinski definition) is 3. The molecular formula is C14H16N2O. The highest BCUT2D eigenvalue weighted by atomic mass is 16.1. The zero-order chi connectivity index (χ0) is 12.4. The van der Waals surface area contributed by atoms with Gasteiger partial charge in [0.05, 0.1) is 17.1 Å². The molecule has 0 aliphatic heterocycles. The lowest BCUT2D eigenvalue weighted by Gasteiger charge is -2.18. The smallest absolute Gasteiger partial charge is 0.139 e. The number of aromatic nitrogens is 2. The van der Waals surface area contributed by atoms with Crippen LogP contribution in [0.3, 0.4) is 0 Å². The lowest BCUT2D eigenvalue weighted by Crippen LogP contribution is -2.17. The SMILES string of the molecule is CC(=O)C(c1ncnc2ccccc12)C(C)C. The van der Waals surface area contributed by atoms with Crippen LogP contribution in [0.5, 0.6) is 0 Å². The highest BCUT2D eigenvalue weighted by Crippen LogP contribution is 2.28. The van der Waals surface area contributed by atoms with Gasteiger partial charge in [0.25, 0.3) is 0 Å². The zero-order valence-corrected chi connectivity index (χ0v) is 10.3. The van der Waals surface area contributed by atoms with Crippen LogP contribution >= 0.6 is 0 Å². The van der Waals surface area contributed by atoms with Gasteiger partial charge >= 0.3 is 0 Å². The van der Waals surface area contributed by atoms with Gasteiger partial charge in [-0.15, -0.1) is 0 Å². The van der Waals surface area contributed by atoms with E-state index in [2.05, 4.69) is 9.97 Å². The number of nitrogens with zero attached hydrogens (tertiary/aromatic N) is 2. The van der Waals surface area contributed by atoms with E-state index in [1.54, 1.807) is 6.92 Å². The van der Waals surface area contributed by atoms with Crippen LogP contribution in [-0.4, -0.2) is 15.8 Å². The molecule has 0 bridgehead atoms. The summed E-state index contributed by atoms with van der Waals surface area (Å²) < 4.78 is 0. The maximum Gasteiger partial charge on any atom is 0.139 e. The molecule has 1 unspecified atom stereocenters. The number of hydrogen-bond donors (Lipinski definition) is 0. The Hall–Kier alpha value is -1.77. The molecule has 1 aromatic heterocycles. The monoisotopic (exact) mass is 228 g/mol. The molecule has 1 aromatic carbocycles. The third-order valence-electron chi connectivity index (χ3n) is 2.97. The maximum atomic E-state index is 11.8. The summed E-state index contributed by atoms with van der Waals surface area (Å²) in [5, 5.41) is 0.976. The van der Waals surface area contributed by atoms with Gasteiger partial charge in [0.1, 0.15) is 12.1 Å². The van der Waals surface area contributed by atoms with Crippen molar-refractivity contribution in [2.24, 2.45) is 5.92 Å². The van der Waals surface area contributed by atoms with Crippen LogP contribution in [0.1, 0.15) is 32.4 Å². The molecule has 1 heterocycles. The number of benzene rings is 1. The number of carbonyl (C=O) groups excluding carboxylic acids is 1. The van der Waals surface area contributed by atoms with E-state index in [9.17, 15) is 4.79 Å². The summed E-state index contributed by atoms with van der Waals surface area (Å²) in [4.78, 5) is 20.3. The van der Waals surface area contributed by atoms with Crippen molar-refractivity contribution in [3.8, 4) is 0 Å². The number of fused-ring (bicyclic) bond motifs is 1. The second kappa shape index (κ2) is 4.62. The summed E-state index contributed by atoms with van der Waals surface area (Å²) in [5.74, 6) is 0.248. The fourth-order valence-electron chi connectivity index (χ4n) is 2.25. The predicted molar refractivity (Wildman–Crippen MR) is 67.8 cm³/mol. The van der Waals surface area contributed by atoms with Crippen molar-refractivity contribution in [2.75, 3.05) is 0 Å². The molecule has 0 N–H and O–H groups in total. The minimum atomic E-state index is -0.150. The molecule has 0 aliphatic rings. The van der Waals surface area contributed by atoms with Crippen molar-refractivity contribution in [3.63, 3.8) is 0 Å². The first kappa shape index (κ1) is 11.7. The normalized spacial score (nSPS) is 12.9. The molecule has 88 valence electrons. The van der Waals surface area contributed by atoms with Gasteiger partial charge in [-0.2, -0.15) is 0 Å². The molecule has 3 heteroatoms. The Kier molecular flexibility index (Phi) is 3.18. The molecule has 0 saturated heterocycles. The third-order valence-corrected chi connectivity index (χ3v) is 2.97. The van der Waals surface area contributed by atoms with Gasteiger partial charge in [-0.05, 0) is 18.9 Å². The van der Waals surface area contributed by atoms with Crippen LogP contribution in [0.2, 0.25) is 0 Å². The topological polar surface area (TPSA) is 42.9 Å². The Balaban J connectivity index is 2.65. The summed E-state index contributed by atoms with van der Waals surface area (Å²) in [6, 6.07) is 7.81. The van der Waals surface area contributed by atoms with E-state index >= 15 is 0 Å². The highest BCUT2D eigenvalue weighted by molar-refractivity contribution is 5.90. The Morgan fingerprint density at radius 2 is 1.88 bits per heavy atom. The number of para-hydroxylation sites is 1. The largest absolute Gasteiger partial charge is 0.299 e. The minimum absolute atomic E-state index is 0.150. The van der Waals surface area contributed by atoms with E-state index in [1.165, 1.54) is 6.33 Å². The summed E-state index contributed by atoms with van der Waals surface area (Å²) in [7, 11) is 0. The fraction of sp³-hybridized carbons (Fsp3) is 0.357. The average Bonchev–Trinajstić information content (AvgIpc) is 2.28. The molecule has 1 atom stereocenters. The molecule has 2 aromatic rings. The molecule has 2 rings (SSSR count). The van der Waals surface area contributed by atoms with E-state index in [4.69, 9.17) is 0 Å². The quantitative estimate of drug-likeness (QED) is 0.811. The van der Waals surface area contributed by atoms with Crippen LogP contribution in [-0.2, 0) is 4.79 Å². The number of ketones is 1. The van der Waals surface area contributed by atoms with E-state index < -0.39 is 0 Å². The van der Waals surface area contributed by atoms with E-state index in [-0.39, 0.29) is 17.6 Å². The van der Waals surface area contributed by atoms with Gasteiger partial charge in [0.2, 0.25) is 0 Å². The first-order valence-electron chi connectivity index (χ1n) is 5.81. The molecule has 0 saturated carbocycles. The summed E-state index contributed by atoms with van der Waals surface area (Å²) in [6.45, 7) is 5.72.